The SMILES string of the molecule is CC(C)=CCN1CCC(NC(=O)c2ccc(OC3CCCC3)cc2)CC1. The third-order valence-corrected chi connectivity index (χ3v) is 5.40. The second-order valence-corrected chi connectivity index (χ2v) is 7.88. The number of amides is 1. The number of hydrogen-bond donors (Lipinski definition) is 1. The number of likely N-dealkylation sites (tertiary alicyclic amines) is 1. The van der Waals surface area contributed by atoms with Gasteiger partial charge in [0.1, 0.15) is 5.75 Å². The van der Waals surface area contributed by atoms with E-state index in [4.69, 9.17) is 4.74 Å². The molecule has 0 bridgehead atoms. The average Bonchev–Trinajstić information content (AvgIpc) is 3.14. The highest BCUT2D eigenvalue weighted by molar-refractivity contribution is 5.94. The second-order valence-electron chi connectivity index (χ2n) is 7.88. The maximum absolute atomic E-state index is 12.5. The van der Waals surface area contributed by atoms with E-state index in [9.17, 15) is 4.79 Å². The van der Waals surface area contributed by atoms with Crippen molar-refractivity contribution < 1.29 is 9.53 Å². The largest absolute Gasteiger partial charge is 0.490 e. The molecule has 1 amide bonds. The van der Waals surface area contributed by atoms with Crippen LogP contribution in [0.15, 0.2) is 35.9 Å². The van der Waals surface area contributed by atoms with Crippen molar-refractivity contribution in [3.8, 4) is 5.75 Å². The highest BCUT2D eigenvalue weighted by atomic mass is 16.5. The number of carbonyl (C=O) groups is 1. The van der Waals surface area contributed by atoms with E-state index in [1.807, 2.05) is 24.3 Å². The Hall–Kier alpha value is -1.81. The third-order valence-electron chi connectivity index (χ3n) is 5.40. The van der Waals surface area contributed by atoms with E-state index < -0.39 is 0 Å². The van der Waals surface area contributed by atoms with Crippen molar-refractivity contribution in [2.75, 3.05) is 19.6 Å². The molecular weight excluding hydrogens is 324 g/mol. The first-order valence-electron chi connectivity index (χ1n) is 10.0. The van der Waals surface area contributed by atoms with Gasteiger partial charge in [-0.3, -0.25) is 9.69 Å². The molecule has 4 heteroatoms. The minimum atomic E-state index is 0.0279. The lowest BCUT2D eigenvalue weighted by Gasteiger charge is -2.31. The van der Waals surface area contributed by atoms with Gasteiger partial charge in [0, 0.05) is 31.2 Å². The Balaban J connectivity index is 1.44. The first-order valence-corrected chi connectivity index (χ1v) is 10.0. The molecule has 1 aliphatic heterocycles. The zero-order chi connectivity index (χ0) is 18.4. The number of piperidine rings is 1. The zero-order valence-corrected chi connectivity index (χ0v) is 16.2. The van der Waals surface area contributed by atoms with Crippen molar-refractivity contribution in [3.63, 3.8) is 0 Å². The molecule has 1 N–H and O–H groups in total. The highest BCUT2D eigenvalue weighted by Crippen LogP contribution is 2.24. The van der Waals surface area contributed by atoms with Crippen LogP contribution in [-0.4, -0.2) is 42.6 Å². The van der Waals surface area contributed by atoms with Crippen molar-refractivity contribution in [3.05, 3.63) is 41.5 Å². The molecule has 142 valence electrons. The van der Waals surface area contributed by atoms with Gasteiger partial charge in [-0.05, 0) is 76.6 Å². The summed E-state index contributed by atoms with van der Waals surface area (Å²) in [4.78, 5) is 14.9. The summed E-state index contributed by atoms with van der Waals surface area (Å²) in [7, 11) is 0. The van der Waals surface area contributed by atoms with Gasteiger partial charge in [0.2, 0.25) is 0 Å². The van der Waals surface area contributed by atoms with Gasteiger partial charge >= 0.3 is 0 Å². The Bertz CT molecular complexity index is 606. The van der Waals surface area contributed by atoms with E-state index >= 15 is 0 Å². The molecule has 0 radical (unpaired) electrons. The summed E-state index contributed by atoms with van der Waals surface area (Å²) in [6, 6.07) is 7.89. The molecule has 0 unspecified atom stereocenters. The molecule has 26 heavy (non-hydrogen) atoms. The van der Waals surface area contributed by atoms with Crippen molar-refractivity contribution in [1.29, 1.82) is 0 Å². The normalized spacial score (nSPS) is 19.3. The lowest BCUT2D eigenvalue weighted by atomic mass is 10.0. The fourth-order valence-electron chi connectivity index (χ4n) is 3.72. The average molecular weight is 357 g/mol. The molecule has 1 saturated heterocycles. The van der Waals surface area contributed by atoms with Crippen molar-refractivity contribution in [1.82, 2.24) is 10.2 Å². The molecular formula is C22H32N2O2. The number of allylic oxidation sites excluding steroid dienone is 1. The van der Waals surface area contributed by atoms with Gasteiger partial charge in [-0.2, -0.15) is 0 Å². The molecule has 1 aromatic rings. The van der Waals surface area contributed by atoms with Crippen LogP contribution in [-0.2, 0) is 0 Å². The number of ether oxygens (including phenoxy) is 1. The summed E-state index contributed by atoms with van der Waals surface area (Å²) < 4.78 is 5.97. The summed E-state index contributed by atoms with van der Waals surface area (Å²) in [5, 5.41) is 3.19. The predicted molar refractivity (Wildman–Crippen MR) is 106 cm³/mol. The molecule has 3 rings (SSSR count). The Morgan fingerprint density at radius 2 is 1.77 bits per heavy atom. The number of carbonyl (C=O) groups excluding carboxylic acids is 1. The molecule has 2 aliphatic rings. The molecule has 1 aliphatic carbocycles. The molecule has 1 aromatic carbocycles. The molecule has 4 nitrogen and oxygen atoms in total. The molecule has 1 saturated carbocycles. The minimum Gasteiger partial charge on any atom is -0.490 e. The first-order chi connectivity index (χ1) is 12.6. The molecule has 1 heterocycles. The minimum absolute atomic E-state index is 0.0279. The van der Waals surface area contributed by atoms with Crippen LogP contribution in [0.3, 0.4) is 0 Å². The summed E-state index contributed by atoms with van der Waals surface area (Å²) in [6.07, 6.45) is 9.48. The smallest absolute Gasteiger partial charge is 0.251 e. The van der Waals surface area contributed by atoms with E-state index in [0.717, 1.165) is 56.6 Å². The Kier molecular flexibility index (Phi) is 6.73. The van der Waals surface area contributed by atoms with Gasteiger partial charge in [0.25, 0.3) is 5.91 Å². The van der Waals surface area contributed by atoms with E-state index in [1.165, 1.54) is 18.4 Å². The lowest BCUT2D eigenvalue weighted by molar-refractivity contribution is 0.0914. The fourth-order valence-corrected chi connectivity index (χ4v) is 3.72. The number of nitrogens with one attached hydrogen (secondary N) is 1. The maximum atomic E-state index is 12.5. The second kappa shape index (κ2) is 9.22. The van der Waals surface area contributed by atoms with Gasteiger partial charge in [0.15, 0.2) is 0 Å². The van der Waals surface area contributed by atoms with Crippen molar-refractivity contribution in [2.45, 2.75) is 64.5 Å². The van der Waals surface area contributed by atoms with Crippen LogP contribution in [0.1, 0.15) is 62.7 Å². The van der Waals surface area contributed by atoms with Crippen LogP contribution in [0.5, 0.6) is 5.75 Å². The van der Waals surface area contributed by atoms with E-state index in [-0.39, 0.29) is 11.9 Å². The number of hydrogen-bond acceptors (Lipinski definition) is 3. The first kappa shape index (κ1) is 19.0. The predicted octanol–water partition coefficient (Wildman–Crippen LogP) is 4.17. The van der Waals surface area contributed by atoms with E-state index in [2.05, 4.69) is 30.1 Å². The zero-order valence-electron chi connectivity index (χ0n) is 16.2. The standard InChI is InChI=1S/C22H32N2O2/c1-17(2)11-14-24-15-12-19(13-16-24)23-22(25)18-7-9-21(10-8-18)26-20-5-3-4-6-20/h7-11,19-20H,3-6,12-16H2,1-2H3,(H,23,25). The van der Waals surface area contributed by atoms with Gasteiger partial charge in [-0.15, -0.1) is 0 Å². The van der Waals surface area contributed by atoms with Crippen molar-refractivity contribution in [2.24, 2.45) is 0 Å². The fraction of sp³-hybridized carbons (Fsp3) is 0.591. The summed E-state index contributed by atoms with van der Waals surface area (Å²) in [5.74, 6) is 0.904. The number of benzene rings is 1. The monoisotopic (exact) mass is 356 g/mol. The Morgan fingerprint density at radius 1 is 1.12 bits per heavy atom. The van der Waals surface area contributed by atoms with Crippen LogP contribution in [0.25, 0.3) is 0 Å². The van der Waals surface area contributed by atoms with Crippen LogP contribution in [0.4, 0.5) is 0 Å². The van der Waals surface area contributed by atoms with Gasteiger partial charge in [0.05, 0.1) is 6.10 Å². The van der Waals surface area contributed by atoms with Crippen LogP contribution in [0.2, 0.25) is 0 Å². The molecule has 2 fully saturated rings. The number of rotatable bonds is 6. The van der Waals surface area contributed by atoms with Crippen LogP contribution in [0, 0.1) is 0 Å². The van der Waals surface area contributed by atoms with Gasteiger partial charge < -0.3 is 10.1 Å². The third kappa shape index (κ3) is 5.60. The molecule has 0 atom stereocenters. The summed E-state index contributed by atoms with van der Waals surface area (Å²) in [5.41, 5.74) is 2.08. The van der Waals surface area contributed by atoms with Crippen LogP contribution < -0.4 is 10.1 Å². The maximum Gasteiger partial charge on any atom is 0.251 e. The topological polar surface area (TPSA) is 41.6 Å². The van der Waals surface area contributed by atoms with E-state index in [1.54, 1.807) is 0 Å². The highest BCUT2D eigenvalue weighted by Gasteiger charge is 2.21. The Morgan fingerprint density at radius 3 is 2.38 bits per heavy atom. The number of nitrogens with zero attached hydrogens (tertiary/aromatic N) is 1. The van der Waals surface area contributed by atoms with Crippen LogP contribution >= 0.6 is 0 Å². The molecule has 0 aromatic heterocycles. The van der Waals surface area contributed by atoms with E-state index in [0.29, 0.717) is 6.10 Å². The van der Waals surface area contributed by atoms with Gasteiger partial charge in [-0.1, -0.05) is 11.6 Å². The summed E-state index contributed by atoms with van der Waals surface area (Å²) in [6.45, 7) is 7.38. The van der Waals surface area contributed by atoms with Gasteiger partial charge in [-0.25, -0.2) is 0 Å². The summed E-state index contributed by atoms with van der Waals surface area (Å²) >= 11 is 0. The lowest BCUT2D eigenvalue weighted by Crippen LogP contribution is -2.44. The molecule has 0 spiro atoms. The van der Waals surface area contributed by atoms with Crippen molar-refractivity contribution >= 4 is 5.91 Å². The quantitative estimate of drug-likeness (QED) is 0.778. The Labute approximate surface area is 157 Å².